The SMILES string of the molecule is C=C(c1ccccc1)C(CC)C(=O)OCC. The summed E-state index contributed by atoms with van der Waals surface area (Å²) in [4.78, 5) is 11.7. The highest BCUT2D eigenvalue weighted by molar-refractivity contribution is 5.87. The lowest BCUT2D eigenvalue weighted by Crippen LogP contribution is -2.18. The first kappa shape index (κ1) is 12.5. The molecule has 2 nitrogen and oxygen atoms in total. The van der Waals surface area contributed by atoms with Crippen LogP contribution in [0.3, 0.4) is 0 Å². The Morgan fingerprint density at radius 3 is 2.44 bits per heavy atom. The molecule has 0 aliphatic heterocycles. The average Bonchev–Trinajstić information content (AvgIpc) is 2.31. The van der Waals surface area contributed by atoms with Crippen molar-refractivity contribution in [2.45, 2.75) is 20.3 Å². The molecule has 0 N–H and O–H groups in total. The van der Waals surface area contributed by atoms with E-state index in [4.69, 9.17) is 4.74 Å². The number of carbonyl (C=O) groups excluding carboxylic acids is 1. The number of ether oxygens (including phenoxy) is 1. The number of esters is 1. The van der Waals surface area contributed by atoms with Crippen molar-refractivity contribution in [1.29, 1.82) is 0 Å². The molecule has 16 heavy (non-hydrogen) atoms. The van der Waals surface area contributed by atoms with Gasteiger partial charge in [-0.1, -0.05) is 43.8 Å². The van der Waals surface area contributed by atoms with Crippen molar-refractivity contribution in [2.24, 2.45) is 5.92 Å². The molecule has 0 radical (unpaired) electrons. The highest BCUT2D eigenvalue weighted by atomic mass is 16.5. The Labute approximate surface area is 96.9 Å². The number of benzene rings is 1. The highest BCUT2D eigenvalue weighted by Crippen LogP contribution is 2.25. The second-order valence-corrected chi connectivity index (χ2v) is 3.60. The quantitative estimate of drug-likeness (QED) is 0.709. The van der Waals surface area contributed by atoms with E-state index in [-0.39, 0.29) is 11.9 Å². The van der Waals surface area contributed by atoms with E-state index in [2.05, 4.69) is 6.58 Å². The Bertz CT molecular complexity index is 354. The predicted molar refractivity (Wildman–Crippen MR) is 65.9 cm³/mol. The molecule has 1 aromatic rings. The second-order valence-electron chi connectivity index (χ2n) is 3.60. The van der Waals surface area contributed by atoms with Gasteiger partial charge < -0.3 is 4.74 Å². The minimum absolute atomic E-state index is 0.182. The van der Waals surface area contributed by atoms with Crippen molar-refractivity contribution in [3.63, 3.8) is 0 Å². The standard InChI is InChI=1S/C14H18O2/c1-4-13(14(15)16-5-2)11(3)12-9-7-6-8-10-12/h6-10,13H,3-5H2,1-2H3. The van der Waals surface area contributed by atoms with Gasteiger partial charge in [-0.15, -0.1) is 0 Å². The highest BCUT2D eigenvalue weighted by Gasteiger charge is 2.21. The van der Waals surface area contributed by atoms with E-state index >= 15 is 0 Å². The van der Waals surface area contributed by atoms with E-state index < -0.39 is 0 Å². The molecule has 1 atom stereocenters. The summed E-state index contributed by atoms with van der Waals surface area (Å²) in [7, 11) is 0. The largest absolute Gasteiger partial charge is 0.466 e. The van der Waals surface area contributed by atoms with Crippen LogP contribution < -0.4 is 0 Å². The van der Waals surface area contributed by atoms with Gasteiger partial charge in [0.05, 0.1) is 12.5 Å². The molecule has 0 heterocycles. The van der Waals surface area contributed by atoms with Gasteiger partial charge in [0.1, 0.15) is 0 Å². The van der Waals surface area contributed by atoms with Crippen LogP contribution in [-0.2, 0) is 9.53 Å². The van der Waals surface area contributed by atoms with E-state index in [1.54, 1.807) is 0 Å². The van der Waals surface area contributed by atoms with E-state index in [0.29, 0.717) is 13.0 Å². The number of hydrogen-bond donors (Lipinski definition) is 0. The minimum atomic E-state index is -0.234. The third kappa shape index (κ3) is 2.96. The van der Waals surface area contributed by atoms with Crippen molar-refractivity contribution in [3.8, 4) is 0 Å². The number of carbonyl (C=O) groups is 1. The summed E-state index contributed by atoms with van der Waals surface area (Å²) in [5.41, 5.74) is 1.84. The van der Waals surface area contributed by atoms with Crippen LogP contribution in [-0.4, -0.2) is 12.6 Å². The summed E-state index contributed by atoms with van der Waals surface area (Å²) in [6, 6.07) is 9.76. The van der Waals surface area contributed by atoms with Crippen LogP contribution in [0.15, 0.2) is 36.9 Å². The number of rotatable bonds is 5. The Hall–Kier alpha value is -1.57. The first-order chi connectivity index (χ1) is 7.70. The fourth-order valence-electron chi connectivity index (χ4n) is 1.65. The molecule has 0 aromatic heterocycles. The van der Waals surface area contributed by atoms with E-state index in [1.165, 1.54) is 0 Å². The van der Waals surface area contributed by atoms with E-state index in [9.17, 15) is 4.79 Å². The van der Waals surface area contributed by atoms with Crippen LogP contribution in [0.4, 0.5) is 0 Å². The first-order valence-corrected chi connectivity index (χ1v) is 5.61. The molecule has 1 aromatic carbocycles. The molecule has 0 saturated carbocycles. The predicted octanol–water partition coefficient (Wildman–Crippen LogP) is 3.29. The summed E-state index contributed by atoms with van der Waals surface area (Å²) in [6.45, 7) is 8.20. The van der Waals surface area contributed by atoms with Crippen molar-refractivity contribution in [2.75, 3.05) is 6.61 Å². The molecular weight excluding hydrogens is 200 g/mol. The Kier molecular flexibility index (Phi) is 4.77. The third-order valence-electron chi connectivity index (χ3n) is 2.54. The second kappa shape index (κ2) is 6.11. The van der Waals surface area contributed by atoms with Gasteiger partial charge in [-0.25, -0.2) is 0 Å². The molecule has 1 unspecified atom stereocenters. The Morgan fingerprint density at radius 2 is 1.94 bits per heavy atom. The topological polar surface area (TPSA) is 26.3 Å². The maximum atomic E-state index is 11.7. The van der Waals surface area contributed by atoms with Crippen LogP contribution in [0, 0.1) is 5.92 Å². The molecule has 0 amide bonds. The van der Waals surface area contributed by atoms with Gasteiger partial charge in [0.25, 0.3) is 0 Å². The maximum Gasteiger partial charge on any atom is 0.313 e. The smallest absolute Gasteiger partial charge is 0.313 e. The summed E-state index contributed by atoms with van der Waals surface area (Å²) in [5.74, 6) is -0.416. The van der Waals surface area contributed by atoms with Gasteiger partial charge in [-0.2, -0.15) is 0 Å². The van der Waals surface area contributed by atoms with Crippen molar-refractivity contribution < 1.29 is 9.53 Å². The lowest BCUT2D eigenvalue weighted by Gasteiger charge is -2.16. The first-order valence-electron chi connectivity index (χ1n) is 5.61. The molecule has 1 rings (SSSR count). The zero-order valence-electron chi connectivity index (χ0n) is 9.90. The van der Waals surface area contributed by atoms with Crippen molar-refractivity contribution in [3.05, 3.63) is 42.5 Å². The van der Waals surface area contributed by atoms with Crippen LogP contribution in [0.2, 0.25) is 0 Å². The fraction of sp³-hybridized carbons (Fsp3) is 0.357. The minimum Gasteiger partial charge on any atom is -0.466 e. The Morgan fingerprint density at radius 1 is 1.31 bits per heavy atom. The van der Waals surface area contributed by atoms with Crippen molar-refractivity contribution >= 4 is 11.5 Å². The fourth-order valence-corrected chi connectivity index (χ4v) is 1.65. The van der Waals surface area contributed by atoms with Gasteiger partial charge in [-0.05, 0) is 24.5 Å². The zero-order chi connectivity index (χ0) is 12.0. The average molecular weight is 218 g/mol. The van der Waals surface area contributed by atoms with Crippen LogP contribution in [0.25, 0.3) is 5.57 Å². The molecule has 0 fully saturated rings. The lowest BCUT2D eigenvalue weighted by atomic mass is 9.92. The normalized spacial score (nSPS) is 11.9. The summed E-state index contributed by atoms with van der Waals surface area (Å²) >= 11 is 0. The molecule has 0 aliphatic rings. The summed E-state index contributed by atoms with van der Waals surface area (Å²) < 4.78 is 5.04. The molecule has 2 heteroatoms. The van der Waals surface area contributed by atoms with Gasteiger partial charge in [0.15, 0.2) is 0 Å². The maximum absolute atomic E-state index is 11.7. The summed E-state index contributed by atoms with van der Waals surface area (Å²) in [6.07, 6.45) is 0.715. The molecule has 0 bridgehead atoms. The molecule has 0 saturated heterocycles. The summed E-state index contributed by atoms with van der Waals surface area (Å²) in [5, 5.41) is 0. The lowest BCUT2D eigenvalue weighted by molar-refractivity contribution is -0.145. The molecule has 0 aliphatic carbocycles. The molecule has 86 valence electrons. The Balaban J connectivity index is 2.82. The third-order valence-corrected chi connectivity index (χ3v) is 2.54. The van der Waals surface area contributed by atoms with Crippen LogP contribution in [0.5, 0.6) is 0 Å². The van der Waals surface area contributed by atoms with E-state index in [0.717, 1.165) is 11.1 Å². The van der Waals surface area contributed by atoms with Gasteiger partial charge >= 0.3 is 5.97 Å². The number of hydrogen-bond acceptors (Lipinski definition) is 2. The van der Waals surface area contributed by atoms with Crippen molar-refractivity contribution in [1.82, 2.24) is 0 Å². The molecule has 0 spiro atoms. The van der Waals surface area contributed by atoms with Gasteiger partial charge in [-0.3, -0.25) is 4.79 Å². The van der Waals surface area contributed by atoms with Crippen LogP contribution >= 0.6 is 0 Å². The van der Waals surface area contributed by atoms with Crippen LogP contribution in [0.1, 0.15) is 25.8 Å². The van der Waals surface area contributed by atoms with Gasteiger partial charge in [0, 0.05) is 0 Å². The van der Waals surface area contributed by atoms with Gasteiger partial charge in [0.2, 0.25) is 0 Å². The monoisotopic (exact) mass is 218 g/mol. The molecular formula is C14H18O2. The zero-order valence-corrected chi connectivity index (χ0v) is 9.90. The van der Waals surface area contributed by atoms with E-state index in [1.807, 2.05) is 44.2 Å².